The van der Waals surface area contributed by atoms with E-state index in [0.29, 0.717) is 12.4 Å². The standard InChI is InChI=1S/C23H21ClN6/c1-3-20-27-21-22(17-6-4-5-7-18(17)26-23(21)25)30(20)13-16-12-19(29(2)28-16)14-8-10-15(24)11-9-14/h4-12H,3,13H2,1-2H3,(H2,25,26). The SMILES string of the molecule is CCc1nc2c(N)nc3ccccc3c2n1Cc1cc(-c2ccc(Cl)cc2)n(C)n1. The number of hydrogen-bond acceptors (Lipinski definition) is 4. The number of benzene rings is 2. The minimum Gasteiger partial charge on any atom is -0.382 e. The summed E-state index contributed by atoms with van der Waals surface area (Å²) in [6.45, 7) is 2.70. The molecule has 0 saturated heterocycles. The number of rotatable bonds is 4. The highest BCUT2D eigenvalue weighted by atomic mass is 35.5. The highest BCUT2D eigenvalue weighted by Gasteiger charge is 2.18. The van der Waals surface area contributed by atoms with Crippen LogP contribution >= 0.6 is 11.6 Å². The third-order valence-electron chi connectivity index (χ3n) is 5.40. The topological polar surface area (TPSA) is 74.5 Å². The minimum absolute atomic E-state index is 0.458. The molecule has 0 unspecified atom stereocenters. The van der Waals surface area contributed by atoms with E-state index in [2.05, 4.69) is 28.6 Å². The van der Waals surface area contributed by atoms with Crippen LogP contribution < -0.4 is 5.73 Å². The molecule has 5 rings (SSSR count). The Morgan fingerprint density at radius 3 is 2.57 bits per heavy atom. The van der Waals surface area contributed by atoms with Crippen LogP contribution in [0.15, 0.2) is 54.6 Å². The fraction of sp³-hybridized carbons (Fsp3) is 0.174. The van der Waals surface area contributed by atoms with Gasteiger partial charge in [-0.05, 0) is 29.8 Å². The second-order valence-electron chi connectivity index (χ2n) is 7.33. The first kappa shape index (κ1) is 18.6. The number of nitrogens with two attached hydrogens (primary N) is 1. The molecule has 3 aromatic heterocycles. The summed E-state index contributed by atoms with van der Waals surface area (Å²) in [7, 11) is 1.96. The number of aryl methyl sites for hydroxylation is 2. The zero-order valence-electron chi connectivity index (χ0n) is 16.8. The summed E-state index contributed by atoms with van der Waals surface area (Å²) in [5.41, 5.74) is 11.9. The highest BCUT2D eigenvalue weighted by molar-refractivity contribution is 6.30. The van der Waals surface area contributed by atoms with Crippen LogP contribution in [0.1, 0.15) is 18.4 Å². The predicted molar refractivity (Wildman–Crippen MR) is 122 cm³/mol. The number of para-hydroxylation sites is 1. The lowest BCUT2D eigenvalue weighted by atomic mass is 10.1. The van der Waals surface area contributed by atoms with Crippen molar-refractivity contribution >= 4 is 39.4 Å². The monoisotopic (exact) mass is 416 g/mol. The van der Waals surface area contributed by atoms with E-state index in [4.69, 9.17) is 27.4 Å². The van der Waals surface area contributed by atoms with Gasteiger partial charge in [0.1, 0.15) is 11.3 Å². The number of hydrogen-bond donors (Lipinski definition) is 1. The molecule has 0 bridgehead atoms. The zero-order chi connectivity index (χ0) is 20.8. The Kier molecular flexibility index (Phi) is 4.44. The number of nitrogen functional groups attached to an aromatic ring is 1. The van der Waals surface area contributed by atoms with Crippen LogP contribution in [0.25, 0.3) is 33.2 Å². The lowest BCUT2D eigenvalue weighted by molar-refractivity contribution is 0.696. The highest BCUT2D eigenvalue weighted by Crippen LogP contribution is 2.30. The Morgan fingerprint density at radius 1 is 1.03 bits per heavy atom. The van der Waals surface area contributed by atoms with Crippen LogP contribution in [-0.4, -0.2) is 24.3 Å². The number of nitrogens with zero attached hydrogens (tertiary/aromatic N) is 5. The number of anilines is 1. The number of pyridine rings is 1. The summed E-state index contributed by atoms with van der Waals surface area (Å²) in [6.07, 6.45) is 0.791. The predicted octanol–water partition coefficient (Wildman–Crippen LogP) is 4.83. The molecule has 0 spiro atoms. The van der Waals surface area contributed by atoms with Crippen molar-refractivity contribution in [3.05, 3.63) is 71.1 Å². The molecule has 0 aliphatic carbocycles. The molecule has 6 nitrogen and oxygen atoms in total. The Bertz CT molecular complexity index is 1380. The average Bonchev–Trinajstić information content (AvgIpc) is 3.30. The Labute approximate surface area is 178 Å². The Balaban J connectivity index is 1.66. The van der Waals surface area contributed by atoms with Crippen molar-refractivity contribution in [1.82, 2.24) is 24.3 Å². The third kappa shape index (κ3) is 3.00. The van der Waals surface area contributed by atoms with E-state index >= 15 is 0 Å². The van der Waals surface area contributed by atoms with Crippen molar-refractivity contribution in [1.29, 1.82) is 0 Å². The van der Waals surface area contributed by atoms with E-state index in [1.807, 2.05) is 54.2 Å². The summed E-state index contributed by atoms with van der Waals surface area (Å²) in [5, 5.41) is 6.52. The summed E-state index contributed by atoms with van der Waals surface area (Å²) >= 11 is 6.04. The Morgan fingerprint density at radius 2 is 1.80 bits per heavy atom. The van der Waals surface area contributed by atoms with Crippen LogP contribution in [0.3, 0.4) is 0 Å². The molecule has 0 fully saturated rings. The maximum Gasteiger partial charge on any atom is 0.152 e. The molecule has 3 heterocycles. The molecule has 7 heteroatoms. The van der Waals surface area contributed by atoms with E-state index < -0.39 is 0 Å². The fourth-order valence-corrected chi connectivity index (χ4v) is 4.13. The molecule has 30 heavy (non-hydrogen) atoms. The molecule has 0 aliphatic rings. The fourth-order valence-electron chi connectivity index (χ4n) is 4.00. The molecular weight excluding hydrogens is 396 g/mol. The largest absolute Gasteiger partial charge is 0.382 e. The molecule has 0 aliphatic heterocycles. The molecule has 2 N–H and O–H groups in total. The molecule has 0 atom stereocenters. The third-order valence-corrected chi connectivity index (χ3v) is 5.65. The maximum atomic E-state index is 6.25. The molecule has 2 aromatic carbocycles. The molecular formula is C23H21ClN6. The quantitative estimate of drug-likeness (QED) is 0.455. The molecule has 0 saturated carbocycles. The number of aromatic nitrogens is 5. The first-order valence-corrected chi connectivity index (χ1v) is 10.2. The molecule has 150 valence electrons. The first-order valence-electron chi connectivity index (χ1n) is 9.87. The molecule has 5 aromatic rings. The van der Waals surface area contributed by atoms with Crippen molar-refractivity contribution < 1.29 is 0 Å². The number of halogens is 1. The van der Waals surface area contributed by atoms with Crippen LogP contribution in [0.2, 0.25) is 5.02 Å². The van der Waals surface area contributed by atoms with Gasteiger partial charge in [0.25, 0.3) is 0 Å². The van der Waals surface area contributed by atoms with Crippen molar-refractivity contribution in [2.45, 2.75) is 19.9 Å². The van der Waals surface area contributed by atoms with Gasteiger partial charge in [-0.25, -0.2) is 9.97 Å². The van der Waals surface area contributed by atoms with Crippen LogP contribution in [0.5, 0.6) is 0 Å². The van der Waals surface area contributed by atoms with E-state index in [1.54, 1.807) is 0 Å². The van der Waals surface area contributed by atoms with E-state index in [-0.39, 0.29) is 0 Å². The lowest BCUT2D eigenvalue weighted by Crippen LogP contribution is -2.06. The zero-order valence-corrected chi connectivity index (χ0v) is 17.6. The minimum atomic E-state index is 0.458. The van der Waals surface area contributed by atoms with Gasteiger partial charge in [-0.15, -0.1) is 0 Å². The van der Waals surface area contributed by atoms with Gasteiger partial charge in [-0.2, -0.15) is 5.10 Å². The van der Waals surface area contributed by atoms with Crippen LogP contribution in [0.4, 0.5) is 5.82 Å². The van der Waals surface area contributed by atoms with Gasteiger partial charge in [-0.1, -0.05) is 48.9 Å². The van der Waals surface area contributed by atoms with Crippen molar-refractivity contribution in [3.8, 4) is 11.3 Å². The summed E-state index contributed by atoms with van der Waals surface area (Å²) in [6, 6.07) is 17.9. The van der Waals surface area contributed by atoms with Crippen molar-refractivity contribution in [2.24, 2.45) is 7.05 Å². The van der Waals surface area contributed by atoms with Crippen molar-refractivity contribution in [3.63, 3.8) is 0 Å². The van der Waals surface area contributed by atoms with Crippen LogP contribution in [0, 0.1) is 0 Å². The molecule has 0 amide bonds. The van der Waals surface area contributed by atoms with Crippen LogP contribution in [-0.2, 0) is 20.0 Å². The van der Waals surface area contributed by atoms with Gasteiger partial charge in [-0.3, -0.25) is 4.68 Å². The van der Waals surface area contributed by atoms with E-state index in [1.165, 1.54) is 0 Å². The normalized spacial score (nSPS) is 11.6. The number of imidazole rings is 1. The smallest absolute Gasteiger partial charge is 0.152 e. The Hall–Kier alpha value is -3.38. The van der Waals surface area contributed by atoms with Gasteiger partial charge in [0, 0.05) is 23.9 Å². The van der Waals surface area contributed by atoms with Gasteiger partial charge >= 0.3 is 0 Å². The first-order chi connectivity index (χ1) is 14.5. The average molecular weight is 417 g/mol. The van der Waals surface area contributed by atoms with Gasteiger partial charge in [0.15, 0.2) is 5.82 Å². The summed E-state index contributed by atoms with van der Waals surface area (Å²) < 4.78 is 4.11. The summed E-state index contributed by atoms with van der Waals surface area (Å²) in [4.78, 5) is 9.34. The molecule has 0 radical (unpaired) electrons. The van der Waals surface area contributed by atoms with E-state index in [0.717, 1.165) is 56.2 Å². The maximum absolute atomic E-state index is 6.25. The second-order valence-corrected chi connectivity index (χ2v) is 7.77. The van der Waals surface area contributed by atoms with Gasteiger partial charge in [0.2, 0.25) is 0 Å². The summed E-state index contributed by atoms with van der Waals surface area (Å²) in [5.74, 6) is 1.42. The van der Waals surface area contributed by atoms with Gasteiger partial charge < -0.3 is 10.3 Å². The lowest BCUT2D eigenvalue weighted by Gasteiger charge is -2.08. The van der Waals surface area contributed by atoms with E-state index in [9.17, 15) is 0 Å². The van der Waals surface area contributed by atoms with Crippen molar-refractivity contribution in [2.75, 3.05) is 5.73 Å². The van der Waals surface area contributed by atoms with Gasteiger partial charge in [0.05, 0.1) is 29.0 Å². The second kappa shape index (κ2) is 7.15. The number of fused-ring (bicyclic) bond motifs is 3.